The van der Waals surface area contributed by atoms with Crippen molar-refractivity contribution in [2.75, 3.05) is 0 Å². The predicted octanol–water partition coefficient (Wildman–Crippen LogP) is 4.11. The Morgan fingerprint density at radius 3 is 1.30 bits per heavy atom. The van der Waals surface area contributed by atoms with Gasteiger partial charge in [0.05, 0.1) is 16.2 Å². The molecule has 2 unspecified atom stereocenters. The molecule has 0 aliphatic rings. The molecule has 0 aromatic heterocycles. The maximum Gasteiger partial charge on any atom is 1.00 e. The zero-order valence-corrected chi connectivity index (χ0v) is 23.2. The molecular formula is C24H49NaO4S. The van der Waals surface area contributed by atoms with Crippen molar-refractivity contribution in [2.45, 2.75) is 154 Å². The molecule has 0 saturated carbocycles. The van der Waals surface area contributed by atoms with Crippen LogP contribution in [0.2, 0.25) is 0 Å². The quantitative estimate of drug-likeness (QED) is 0.151. The first kappa shape index (κ1) is 33.0. The molecule has 0 bridgehead atoms. The Morgan fingerprint density at radius 2 is 0.967 bits per heavy atom. The van der Waals surface area contributed by atoms with Crippen molar-refractivity contribution >= 4 is 10.1 Å². The Labute approximate surface area is 210 Å². The minimum atomic E-state index is -4.21. The monoisotopic (exact) mass is 456 g/mol. The van der Waals surface area contributed by atoms with Crippen LogP contribution in [0.3, 0.4) is 0 Å². The van der Waals surface area contributed by atoms with Crippen molar-refractivity contribution in [3.63, 3.8) is 0 Å². The van der Waals surface area contributed by atoms with Crippen LogP contribution in [0.1, 0.15) is 142 Å². The van der Waals surface area contributed by atoms with Gasteiger partial charge in [0.2, 0.25) is 0 Å². The number of unbranched alkanes of at least 4 members (excludes halogenated alkanes) is 16. The number of rotatable bonds is 22. The summed E-state index contributed by atoms with van der Waals surface area (Å²) in [5, 5.41) is 9.00. The van der Waals surface area contributed by atoms with Crippen LogP contribution in [0.15, 0.2) is 0 Å². The Bertz CT molecular complexity index is 442. The van der Waals surface area contributed by atoms with Crippen LogP contribution in [-0.4, -0.2) is 29.4 Å². The van der Waals surface area contributed by atoms with E-state index in [4.69, 9.17) is 0 Å². The van der Waals surface area contributed by atoms with Gasteiger partial charge in [0, 0.05) is 5.25 Å². The fraction of sp³-hybridized carbons (Fsp3) is 1.00. The first-order valence-corrected chi connectivity index (χ1v) is 14.0. The molecule has 6 heteroatoms. The Kier molecular flexibility index (Phi) is 25.4. The minimum absolute atomic E-state index is 0. The molecule has 0 amide bonds. The molecule has 176 valence electrons. The Hall–Kier alpha value is 0.870. The summed E-state index contributed by atoms with van der Waals surface area (Å²) in [6.07, 6.45) is 23.6. The Balaban J connectivity index is 0. The number of aliphatic hydroxyl groups excluding tert-OH is 1. The minimum Gasteiger partial charge on any atom is -0.748 e. The molecule has 0 heterocycles. The van der Waals surface area contributed by atoms with Crippen molar-refractivity contribution in [1.29, 1.82) is 0 Å². The smallest absolute Gasteiger partial charge is 0.748 e. The number of hydrogen-bond donors (Lipinski definition) is 1. The van der Waals surface area contributed by atoms with Crippen LogP contribution in [0.25, 0.3) is 0 Å². The van der Waals surface area contributed by atoms with E-state index in [0.29, 0.717) is 12.8 Å². The van der Waals surface area contributed by atoms with Gasteiger partial charge < -0.3 is 9.66 Å². The molecule has 0 saturated heterocycles. The van der Waals surface area contributed by atoms with Crippen LogP contribution in [-0.2, 0) is 10.1 Å². The summed E-state index contributed by atoms with van der Waals surface area (Å²) < 4.78 is 32.5. The van der Waals surface area contributed by atoms with Crippen molar-refractivity contribution in [2.24, 2.45) is 0 Å². The van der Waals surface area contributed by atoms with Crippen LogP contribution >= 0.6 is 0 Å². The fourth-order valence-corrected chi connectivity index (χ4v) is 4.25. The summed E-state index contributed by atoms with van der Waals surface area (Å²) in [5.41, 5.74) is 0. The van der Waals surface area contributed by atoms with Crippen molar-refractivity contribution in [3.05, 3.63) is 0 Å². The second kappa shape index (κ2) is 23.0. The SMILES string of the molecule is CCCCCCCCCCCCCCCCCCCC(O)CCC(C)S(=O)(=O)[O-].[Na+]. The van der Waals surface area contributed by atoms with Crippen LogP contribution in [0, 0.1) is 0 Å². The van der Waals surface area contributed by atoms with E-state index < -0.39 is 21.5 Å². The molecule has 2 atom stereocenters. The number of hydrogen-bond acceptors (Lipinski definition) is 4. The van der Waals surface area contributed by atoms with Gasteiger partial charge in [0.1, 0.15) is 0 Å². The first-order valence-electron chi connectivity index (χ1n) is 12.5. The molecule has 0 radical (unpaired) electrons. The number of aliphatic hydroxyl groups is 1. The van der Waals surface area contributed by atoms with E-state index in [9.17, 15) is 18.1 Å². The van der Waals surface area contributed by atoms with Crippen LogP contribution in [0.5, 0.6) is 0 Å². The molecular weight excluding hydrogens is 407 g/mol. The average molecular weight is 457 g/mol. The molecule has 30 heavy (non-hydrogen) atoms. The summed E-state index contributed by atoms with van der Waals surface area (Å²) in [6, 6.07) is 0. The van der Waals surface area contributed by atoms with Crippen molar-refractivity contribution < 1.29 is 47.6 Å². The first-order chi connectivity index (χ1) is 13.9. The maximum atomic E-state index is 10.8. The maximum absolute atomic E-state index is 10.8. The van der Waals surface area contributed by atoms with Crippen LogP contribution < -0.4 is 29.6 Å². The third-order valence-electron chi connectivity index (χ3n) is 6.04. The molecule has 1 N–H and O–H groups in total. The average Bonchev–Trinajstić information content (AvgIpc) is 2.67. The van der Waals surface area contributed by atoms with Crippen LogP contribution in [0.4, 0.5) is 0 Å². The summed E-state index contributed by atoms with van der Waals surface area (Å²) in [5.74, 6) is 0. The van der Waals surface area contributed by atoms with Gasteiger partial charge in [-0.15, -0.1) is 0 Å². The summed E-state index contributed by atoms with van der Waals surface area (Å²) in [4.78, 5) is 0. The van der Waals surface area contributed by atoms with E-state index in [2.05, 4.69) is 6.92 Å². The Morgan fingerprint density at radius 1 is 0.633 bits per heavy atom. The molecule has 0 fully saturated rings. The third-order valence-corrected chi connectivity index (χ3v) is 7.26. The van der Waals surface area contributed by atoms with E-state index in [0.717, 1.165) is 12.8 Å². The third kappa shape index (κ3) is 23.5. The van der Waals surface area contributed by atoms with Gasteiger partial charge in [-0.1, -0.05) is 116 Å². The molecule has 0 aromatic rings. The van der Waals surface area contributed by atoms with Gasteiger partial charge in [0.15, 0.2) is 0 Å². The normalized spacial score (nSPS) is 13.7. The summed E-state index contributed by atoms with van der Waals surface area (Å²) >= 11 is 0. The van der Waals surface area contributed by atoms with Gasteiger partial charge in [-0.2, -0.15) is 0 Å². The van der Waals surface area contributed by atoms with E-state index in [-0.39, 0.29) is 36.0 Å². The zero-order chi connectivity index (χ0) is 21.8. The van der Waals surface area contributed by atoms with Gasteiger partial charge in [-0.3, -0.25) is 0 Å². The predicted molar refractivity (Wildman–Crippen MR) is 123 cm³/mol. The van der Waals surface area contributed by atoms with Gasteiger partial charge >= 0.3 is 29.6 Å². The molecule has 0 aliphatic carbocycles. The summed E-state index contributed by atoms with van der Waals surface area (Å²) in [6.45, 7) is 3.69. The molecule has 0 aromatic carbocycles. The molecule has 4 nitrogen and oxygen atoms in total. The van der Waals surface area contributed by atoms with Gasteiger partial charge in [-0.25, -0.2) is 8.42 Å². The van der Waals surface area contributed by atoms with E-state index >= 15 is 0 Å². The molecule has 0 rings (SSSR count). The molecule has 0 spiro atoms. The fourth-order valence-electron chi connectivity index (χ4n) is 3.82. The topological polar surface area (TPSA) is 77.4 Å². The molecule has 0 aliphatic heterocycles. The van der Waals surface area contributed by atoms with E-state index in [1.54, 1.807) is 0 Å². The zero-order valence-electron chi connectivity index (χ0n) is 20.4. The standard InChI is InChI=1S/C24H50O4S.Na/c1-3-4-5-6-7-8-9-10-11-12-13-14-15-16-17-18-19-20-24(25)22-21-23(2)29(26,27)28;/h23-25H,3-22H2,1-2H3,(H,26,27,28);/q;+1/p-1. The van der Waals surface area contributed by atoms with Crippen molar-refractivity contribution in [3.8, 4) is 0 Å². The van der Waals surface area contributed by atoms with E-state index in [1.807, 2.05) is 0 Å². The largest absolute Gasteiger partial charge is 1.00 e. The second-order valence-electron chi connectivity index (χ2n) is 8.98. The van der Waals surface area contributed by atoms with Gasteiger partial charge in [0.25, 0.3) is 0 Å². The van der Waals surface area contributed by atoms with Gasteiger partial charge in [-0.05, 0) is 26.2 Å². The summed E-state index contributed by atoms with van der Waals surface area (Å²) in [7, 11) is -4.21. The van der Waals surface area contributed by atoms with Crippen molar-refractivity contribution in [1.82, 2.24) is 0 Å². The second-order valence-corrected chi connectivity index (χ2v) is 10.8. The van der Waals surface area contributed by atoms with E-state index in [1.165, 1.54) is 103 Å².